The first kappa shape index (κ1) is 21.3. The van der Waals surface area contributed by atoms with E-state index in [9.17, 15) is 5.11 Å². The molecule has 0 amide bonds. The fourth-order valence-corrected chi connectivity index (χ4v) is 2.59. The zero-order chi connectivity index (χ0) is 18.5. The Morgan fingerprint density at radius 3 is 2.68 bits per heavy atom. The zero-order valence-corrected chi connectivity index (χ0v) is 15.4. The van der Waals surface area contributed by atoms with E-state index in [0.717, 1.165) is 18.5 Å². The van der Waals surface area contributed by atoms with Crippen molar-refractivity contribution in [1.82, 2.24) is 4.90 Å². The van der Waals surface area contributed by atoms with Crippen LogP contribution in [0.4, 0.5) is 0 Å². The van der Waals surface area contributed by atoms with Crippen molar-refractivity contribution in [3.05, 3.63) is 23.8 Å². The van der Waals surface area contributed by atoms with Crippen LogP contribution >= 0.6 is 0 Å². The summed E-state index contributed by atoms with van der Waals surface area (Å²) in [5.74, 6) is 3.79. The molecule has 0 spiro atoms. The zero-order valence-electron chi connectivity index (χ0n) is 15.4. The van der Waals surface area contributed by atoms with Crippen molar-refractivity contribution in [2.75, 3.05) is 54.2 Å². The molecule has 1 aromatic rings. The molecule has 0 aliphatic rings. The van der Waals surface area contributed by atoms with E-state index >= 15 is 0 Å². The van der Waals surface area contributed by atoms with E-state index in [1.165, 1.54) is 0 Å². The van der Waals surface area contributed by atoms with Gasteiger partial charge in [0.05, 0.1) is 26.9 Å². The average Bonchev–Trinajstić information content (AvgIpc) is 2.61. The summed E-state index contributed by atoms with van der Waals surface area (Å²) in [6.07, 6.45) is 5.40. The molecule has 0 radical (unpaired) electrons. The summed E-state index contributed by atoms with van der Waals surface area (Å²) < 4.78 is 21.2. The van der Waals surface area contributed by atoms with Crippen LogP contribution in [0, 0.1) is 12.3 Å². The highest BCUT2D eigenvalue weighted by atomic mass is 16.5. The summed E-state index contributed by atoms with van der Waals surface area (Å²) in [6, 6.07) is 5.78. The topological polar surface area (TPSA) is 60.4 Å². The van der Waals surface area contributed by atoms with Crippen molar-refractivity contribution in [1.29, 1.82) is 0 Å². The maximum atomic E-state index is 10.2. The number of aliphatic hydroxyl groups is 1. The van der Waals surface area contributed by atoms with Gasteiger partial charge in [-0.1, -0.05) is 18.1 Å². The van der Waals surface area contributed by atoms with E-state index in [0.29, 0.717) is 31.2 Å². The second-order valence-corrected chi connectivity index (χ2v) is 5.61. The molecule has 0 aliphatic heterocycles. The molecule has 1 aromatic carbocycles. The van der Waals surface area contributed by atoms with Crippen LogP contribution < -0.4 is 9.47 Å². The summed E-state index contributed by atoms with van der Waals surface area (Å²) in [5, 5.41) is 10.2. The van der Waals surface area contributed by atoms with Crippen molar-refractivity contribution < 1.29 is 24.1 Å². The summed E-state index contributed by atoms with van der Waals surface area (Å²) in [5.41, 5.74) is 0.996. The molecule has 25 heavy (non-hydrogen) atoms. The third kappa shape index (κ3) is 7.76. The second-order valence-electron chi connectivity index (χ2n) is 5.61. The van der Waals surface area contributed by atoms with Gasteiger partial charge >= 0.3 is 0 Å². The predicted molar refractivity (Wildman–Crippen MR) is 97.0 cm³/mol. The normalized spacial score (nSPS) is 12.0. The fraction of sp³-hybridized carbons (Fsp3) is 0.579. The van der Waals surface area contributed by atoms with Gasteiger partial charge in [0.1, 0.15) is 6.61 Å². The Hall–Kier alpha value is -1.78. The lowest BCUT2D eigenvalue weighted by atomic mass is 10.1. The number of hydrogen-bond donors (Lipinski definition) is 1. The number of methoxy groups -OCH3 is 3. The Balaban J connectivity index is 2.77. The fourth-order valence-electron chi connectivity index (χ4n) is 2.59. The molecule has 0 saturated carbocycles. The van der Waals surface area contributed by atoms with Crippen molar-refractivity contribution in [2.24, 2.45) is 0 Å². The molecule has 1 rings (SSSR count). The third-order valence-electron chi connectivity index (χ3n) is 3.67. The molecule has 0 unspecified atom stereocenters. The predicted octanol–water partition coefficient (Wildman–Crippen LogP) is 1.55. The lowest BCUT2D eigenvalue weighted by molar-refractivity contribution is 0.0242. The number of aliphatic hydroxyl groups excluding tert-OH is 1. The molecular weight excluding hydrogens is 322 g/mol. The van der Waals surface area contributed by atoms with E-state index < -0.39 is 6.10 Å². The van der Waals surface area contributed by atoms with Gasteiger partial charge in [0, 0.05) is 38.9 Å². The number of hydrogen-bond acceptors (Lipinski definition) is 6. The quantitative estimate of drug-likeness (QED) is 0.430. The first-order valence-corrected chi connectivity index (χ1v) is 8.26. The minimum absolute atomic E-state index is 0.199. The maximum absolute atomic E-state index is 10.2. The Kier molecular flexibility index (Phi) is 10.7. The molecule has 0 fully saturated rings. The van der Waals surface area contributed by atoms with Crippen LogP contribution in [0.3, 0.4) is 0 Å². The van der Waals surface area contributed by atoms with Crippen LogP contribution in [0.5, 0.6) is 11.5 Å². The van der Waals surface area contributed by atoms with E-state index in [1.54, 1.807) is 21.3 Å². The van der Waals surface area contributed by atoms with Crippen LogP contribution in [0.1, 0.15) is 12.0 Å². The van der Waals surface area contributed by atoms with E-state index in [4.69, 9.17) is 25.4 Å². The van der Waals surface area contributed by atoms with Crippen LogP contribution in [-0.4, -0.2) is 70.3 Å². The molecule has 140 valence electrons. The van der Waals surface area contributed by atoms with Gasteiger partial charge in [-0.05, 0) is 12.5 Å². The molecular formula is C19H29NO5. The average molecular weight is 351 g/mol. The number of benzene rings is 1. The number of para-hydroxylation sites is 1. The first-order chi connectivity index (χ1) is 12.2. The van der Waals surface area contributed by atoms with Crippen molar-refractivity contribution >= 4 is 0 Å². The van der Waals surface area contributed by atoms with Gasteiger partial charge in [-0.2, -0.15) is 0 Å². The standard InChI is InChI=1S/C19H29NO5/c1-5-11-25-15-17(21)14-20(10-7-12-22-2)13-16-8-6-9-18(23-3)19(16)24-4/h1,6,8-9,17,21H,7,10-15H2,2-4H3/t17-/m1/s1. The van der Waals surface area contributed by atoms with Gasteiger partial charge in [0.2, 0.25) is 0 Å². The third-order valence-corrected chi connectivity index (χ3v) is 3.67. The van der Waals surface area contributed by atoms with Crippen LogP contribution in [0.2, 0.25) is 0 Å². The Morgan fingerprint density at radius 2 is 2.04 bits per heavy atom. The Bertz CT molecular complexity index is 529. The van der Waals surface area contributed by atoms with Crippen LogP contribution in [0.15, 0.2) is 18.2 Å². The van der Waals surface area contributed by atoms with Crippen LogP contribution in [-0.2, 0) is 16.0 Å². The number of rotatable bonds is 13. The summed E-state index contributed by atoms with van der Waals surface area (Å²) in [6.45, 7) is 2.94. The van der Waals surface area contributed by atoms with Gasteiger partial charge in [-0.15, -0.1) is 6.42 Å². The molecule has 1 N–H and O–H groups in total. The summed E-state index contributed by atoms with van der Waals surface area (Å²) in [4.78, 5) is 2.14. The Labute approximate surface area is 150 Å². The SMILES string of the molecule is C#CCOC[C@H](O)CN(CCCOC)Cc1cccc(OC)c1OC. The van der Waals surface area contributed by atoms with Crippen molar-refractivity contribution in [3.8, 4) is 23.8 Å². The van der Waals surface area contributed by atoms with Crippen molar-refractivity contribution in [3.63, 3.8) is 0 Å². The highest BCUT2D eigenvalue weighted by Crippen LogP contribution is 2.31. The molecule has 6 nitrogen and oxygen atoms in total. The highest BCUT2D eigenvalue weighted by molar-refractivity contribution is 5.46. The van der Waals surface area contributed by atoms with Gasteiger partial charge in [0.15, 0.2) is 11.5 Å². The smallest absolute Gasteiger partial charge is 0.165 e. The molecule has 0 aromatic heterocycles. The van der Waals surface area contributed by atoms with Gasteiger partial charge in [0.25, 0.3) is 0 Å². The van der Waals surface area contributed by atoms with Crippen LogP contribution in [0.25, 0.3) is 0 Å². The Morgan fingerprint density at radius 1 is 1.24 bits per heavy atom. The lowest BCUT2D eigenvalue weighted by Gasteiger charge is -2.26. The minimum atomic E-state index is -0.618. The summed E-state index contributed by atoms with van der Waals surface area (Å²) >= 11 is 0. The van der Waals surface area contributed by atoms with E-state index in [2.05, 4.69) is 10.8 Å². The molecule has 0 saturated heterocycles. The molecule has 1 atom stereocenters. The highest BCUT2D eigenvalue weighted by Gasteiger charge is 2.16. The molecule has 0 heterocycles. The lowest BCUT2D eigenvalue weighted by Crippen LogP contribution is -2.35. The molecule has 0 bridgehead atoms. The molecule has 6 heteroatoms. The van der Waals surface area contributed by atoms with Gasteiger partial charge < -0.3 is 24.1 Å². The maximum Gasteiger partial charge on any atom is 0.165 e. The second kappa shape index (κ2) is 12.6. The number of nitrogens with zero attached hydrogens (tertiary/aromatic N) is 1. The van der Waals surface area contributed by atoms with E-state index in [-0.39, 0.29) is 13.2 Å². The van der Waals surface area contributed by atoms with E-state index in [1.807, 2.05) is 18.2 Å². The number of terminal acetylenes is 1. The van der Waals surface area contributed by atoms with Gasteiger partial charge in [-0.3, -0.25) is 4.90 Å². The molecule has 0 aliphatic carbocycles. The largest absolute Gasteiger partial charge is 0.493 e. The minimum Gasteiger partial charge on any atom is -0.493 e. The first-order valence-electron chi connectivity index (χ1n) is 8.26. The monoisotopic (exact) mass is 351 g/mol. The van der Waals surface area contributed by atoms with Crippen molar-refractivity contribution in [2.45, 2.75) is 19.1 Å². The number of ether oxygens (including phenoxy) is 4. The van der Waals surface area contributed by atoms with Gasteiger partial charge in [-0.25, -0.2) is 0 Å². The summed E-state index contributed by atoms with van der Waals surface area (Å²) in [7, 11) is 4.92.